The van der Waals surface area contributed by atoms with Gasteiger partial charge in [0.2, 0.25) is 0 Å². The SMILES string of the molecule is C[C@H]1N[C@H](C(=O)O)Cc2cc(O)ccc21. The Morgan fingerprint density at radius 3 is 2.93 bits per heavy atom. The molecule has 0 fully saturated rings. The maximum atomic E-state index is 10.9. The van der Waals surface area contributed by atoms with Gasteiger partial charge in [-0.3, -0.25) is 10.1 Å². The molecule has 4 heteroatoms. The number of fused-ring (bicyclic) bond motifs is 1. The lowest BCUT2D eigenvalue weighted by Gasteiger charge is -2.28. The Labute approximate surface area is 87.6 Å². The Bertz CT molecular complexity index is 403. The van der Waals surface area contributed by atoms with Gasteiger partial charge in [0.1, 0.15) is 11.8 Å². The summed E-state index contributed by atoms with van der Waals surface area (Å²) < 4.78 is 0. The standard InChI is InChI=1S/C11H13NO3/c1-6-9-3-2-8(13)4-7(9)5-10(12-6)11(14)15/h2-4,6,10,12-13H,5H2,1H3,(H,14,15)/t6-,10+/m1/s1. The van der Waals surface area contributed by atoms with Crippen molar-refractivity contribution in [1.29, 1.82) is 0 Å². The van der Waals surface area contributed by atoms with Gasteiger partial charge in [0.25, 0.3) is 0 Å². The first-order valence-electron chi connectivity index (χ1n) is 4.88. The Kier molecular flexibility index (Phi) is 2.36. The highest BCUT2D eigenvalue weighted by Crippen LogP contribution is 2.27. The minimum Gasteiger partial charge on any atom is -0.508 e. The normalized spacial score (nSPS) is 24.6. The number of phenolic OH excluding ortho intramolecular Hbond substituents is 1. The number of hydrogen-bond acceptors (Lipinski definition) is 3. The third kappa shape index (κ3) is 1.80. The molecule has 0 saturated carbocycles. The molecule has 0 unspecified atom stereocenters. The molecule has 1 aliphatic heterocycles. The van der Waals surface area contributed by atoms with E-state index in [9.17, 15) is 9.90 Å². The zero-order valence-corrected chi connectivity index (χ0v) is 8.40. The average Bonchev–Trinajstić information content (AvgIpc) is 2.16. The van der Waals surface area contributed by atoms with Crippen LogP contribution in [-0.4, -0.2) is 22.2 Å². The molecule has 2 rings (SSSR count). The lowest BCUT2D eigenvalue weighted by atomic mass is 9.91. The third-order valence-corrected chi connectivity index (χ3v) is 2.77. The molecule has 0 spiro atoms. The van der Waals surface area contributed by atoms with Gasteiger partial charge in [-0.2, -0.15) is 0 Å². The van der Waals surface area contributed by atoms with Gasteiger partial charge < -0.3 is 10.2 Å². The quantitative estimate of drug-likeness (QED) is 0.643. The van der Waals surface area contributed by atoms with E-state index in [0.29, 0.717) is 6.42 Å². The first-order chi connectivity index (χ1) is 7.08. The van der Waals surface area contributed by atoms with Crippen molar-refractivity contribution in [3.63, 3.8) is 0 Å². The topological polar surface area (TPSA) is 69.6 Å². The van der Waals surface area contributed by atoms with Gasteiger partial charge in [-0.15, -0.1) is 0 Å². The summed E-state index contributed by atoms with van der Waals surface area (Å²) in [6, 6.07) is 4.55. The minimum atomic E-state index is -0.851. The molecule has 3 N–H and O–H groups in total. The highest BCUT2D eigenvalue weighted by molar-refractivity contribution is 5.74. The summed E-state index contributed by atoms with van der Waals surface area (Å²) in [4.78, 5) is 10.9. The monoisotopic (exact) mass is 207 g/mol. The van der Waals surface area contributed by atoms with E-state index in [4.69, 9.17) is 5.11 Å². The molecule has 80 valence electrons. The molecule has 15 heavy (non-hydrogen) atoms. The van der Waals surface area contributed by atoms with Crippen LogP contribution in [0.2, 0.25) is 0 Å². The van der Waals surface area contributed by atoms with Crippen molar-refractivity contribution < 1.29 is 15.0 Å². The number of phenols is 1. The fourth-order valence-corrected chi connectivity index (χ4v) is 2.02. The van der Waals surface area contributed by atoms with Crippen LogP contribution in [0.15, 0.2) is 18.2 Å². The first-order valence-corrected chi connectivity index (χ1v) is 4.88. The summed E-state index contributed by atoms with van der Waals surface area (Å²) in [7, 11) is 0. The molecular weight excluding hydrogens is 194 g/mol. The van der Waals surface area contributed by atoms with E-state index in [1.807, 2.05) is 13.0 Å². The van der Waals surface area contributed by atoms with Crippen molar-refractivity contribution in [1.82, 2.24) is 5.32 Å². The van der Waals surface area contributed by atoms with Gasteiger partial charge in [0.15, 0.2) is 0 Å². The smallest absolute Gasteiger partial charge is 0.321 e. The number of carboxylic acid groups (broad SMARTS) is 1. The second-order valence-corrected chi connectivity index (χ2v) is 3.87. The van der Waals surface area contributed by atoms with Gasteiger partial charge in [0, 0.05) is 6.04 Å². The number of benzene rings is 1. The molecule has 0 saturated heterocycles. The fraction of sp³-hybridized carbons (Fsp3) is 0.364. The van der Waals surface area contributed by atoms with Crippen LogP contribution in [-0.2, 0) is 11.2 Å². The molecule has 0 radical (unpaired) electrons. The molecule has 1 aromatic rings. The van der Waals surface area contributed by atoms with Crippen LogP contribution < -0.4 is 5.32 Å². The van der Waals surface area contributed by atoms with Crippen LogP contribution >= 0.6 is 0 Å². The summed E-state index contributed by atoms with van der Waals surface area (Å²) in [5.41, 5.74) is 1.97. The number of rotatable bonds is 1. The first kappa shape index (κ1) is 9.98. The molecule has 2 atom stereocenters. The summed E-state index contributed by atoms with van der Waals surface area (Å²) in [5.74, 6) is -0.664. The largest absolute Gasteiger partial charge is 0.508 e. The highest BCUT2D eigenvalue weighted by atomic mass is 16.4. The second kappa shape index (κ2) is 3.55. The second-order valence-electron chi connectivity index (χ2n) is 3.87. The number of carboxylic acids is 1. The number of hydrogen-bond donors (Lipinski definition) is 3. The molecule has 1 aliphatic rings. The van der Waals surface area contributed by atoms with Crippen LogP contribution in [0.25, 0.3) is 0 Å². The van der Waals surface area contributed by atoms with Gasteiger partial charge in [0.05, 0.1) is 0 Å². The lowest BCUT2D eigenvalue weighted by Crippen LogP contribution is -2.43. The highest BCUT2D eigenvalue weighted by Gasteiger charge is 2.27. The number of aliphatic carboxylic acids is 1. The van der Waals surface area contributed by atoms with E-state index >= 15 is 0 Å². The van der Waals surface area contributed by atoms with Crippen molar-refractivity contribution in [2.45, 2.75) is 25.4 Å². The predicted molar refractivity (Wildman–Crippen MR) is 54.8 cm³/mol. The summed E-state index contributed by atoms with van der Waals surface area (Å²) >= 11 is 0. The average molecular weight is 207 g/mol. The van der Waals surface area contributed by atoms with Crippen LogP contribution in [0.3, 0.4) is 0 Å². The van der Waals surface area contributed by atoms with Gasteiger partial charge >= 0.3 is 5.97 Å². The molecule has 1 heterocycles. The predicted octanol–water partition coefficient (Wildman–Crippen LogP) is 1.05. The molecule has 4 nitrogen and oxygen atoms in total. The zero-order valence-electron chi connectivity index (χ0n) is 8.40. The Hall–Kier alpha value is -1.55. The van der Waals surface area contributed by atoms with E-state index in [1.165, 1.54) is 0 Å². The molecule has 0 aromatic heterocycles. The molecule has 0 bridgehead atoms. The Balaban J connectivity index is 2.37. The number of nitrogens with one attached hydrogen (secondary N) is 1. The van der Waals surface area contributed by atoms with E-state index in [2.05, 4.69) is 5.32 Å². The Morgan fingerprint density at radius 1 is 1.53 bits per heavy atom. The maximum absolute atomic E-state index is 10.9. The fourth-order valence-electron chi connectivity index (χ4n) is 2.02. The van der Waals surface area contributed by atoms with Crippen molar-refractivity contribution >= 4 is 5.97 Å². The van der Waals surface area contributed by atoms with Gasteiger partial charge in [-0.1, -0.05) is 6.07 Å². The van der Waals surface area contributed by atoms with Crippen molar-refractivity contribution in [3.05, 3.63) is 29.3 Å². The van der Waals surface area contributed by atoms with E-state index in [1.54, 1.807) is 12.1 Å². The summed E-state index contributed by atoms with van der Waals surface area (Å²) in [6.45, 7) is 1.92. The van der Waals surface area contributed by atoms with E-state index in [0.717, 1.165) is 11.1 Å². The molecule has 1 aromatic carbocycles. The molecular formula is C11H13NO3. The van der Waals surface area contributed by atoms with E-state index < -0.39 is 12.0 Å². The zero-order chi connectivity index (χ0) is 11.0. The van der Waals surface area contributed by atoms with Crippen LogP contribution in [0.5, 0.6) is 5.75 Å². The van der Waals surface area contributed by atoms with Crippen LogP contribution in [0.1, 0.15) is 24.1 Å². The third-order valence-electron chi connectivity index (χ3n) is 2.77. The van der Waals surface area contributed by atoms with Crippen molar-refractivity contribution in [3.8, 4) is 5.75 Å². The van der Waals surface area contributed by atoms with Crippen LogP contribution in [0.4, 0.5) is 0 Å². The summed E-state index contributed by atoms with van der Waals surface area (Å²) in [5, 5.41) is 21.3. The summed E-state index contributed by atoms with van der Waals surface area (Å²) in [6.07, 6.45) is 0.420. The van der Waals surface area contributed by atoms with E-state index in [-0.39, 0.29) is 11.8 Å². The minimum absolute atomic E-state index is 0.00968. The van der Waals surface area contributed by atoms with Gasteiger partial charge in [-0.05, 0) is 36.6 Å². The van der Waals surface area contributed by atoms with Gasteiger partial charge in [-0.25, -0.2) is 0 Å². The Morgan fingerprint density at radius 2 is 2.27 bits per heavy atom. The van der Waals surface area contributed by atoms with Crippen LogP contribution in [0, 0.1) is 0 Å². The number of carbonyl (C=O) groups is 1. The molecule has 0 amide bonds. The maximum Gasteiger partial charge on any atom is 0.321 e. The van der Waals surface area contributed by atoms with Crippen molar-refractivity contribution in [2.24, 2.45) is 0 Å². The van der Waals surface area contributed by atoms with Crippen molar-refractivity contribution in [2.75, 3.05) is 0 Å². The molecule has 0 aliphatic carbocycles. The lowest BCUT2D eigenvalue weighted by molar-refractivity contribution is -0.139. The number of aromatic hydroxyl groups is 1.